The number of hydrogen-bond acceptors (Lipinski definition) is 5. The second-order valence-electron chi connectivity index (χ2n) is 4.71. The van der Waals surface area contributed by atoms with Crippen LogP contribution < -0.4 is 10.2 Å². The molecule has 9 heteroatoms. The minimum Gasteiger partial charge on any atom is -0.612 e. The number of benzene rings is 1. The fourth-order valence-corrected chi connectivity index (χ4v) is 2.82. The first-order valence-corrected chi connectivity index (χ1v) is 8.57. The summed E-state index contributed by atoms with van der Waals surface area (Å²) in [7, 11) is 0. The monoisotopic (exact) mass is 346 g/mol. The first-order chi connectivity index (χ1) is 10.3. The van der Waals surface area contributed by atoms with E-state index in [4.69, 9.17) is 4.74 Å². The number of nitrogens with zero attached hydrogens (tertiary/aromatic N) is 1. The molecule has 1 aliphatic heterocycles. The Kier molecular flexibility index (Phi) is 5.20. The summed E-state index contributed by atoms with van der Waals surface area (Å²) in [6, 6.07) is 3.45. The van der Waals surface area contributed by atoms with Crippen LogP contribution in [-0.2, 0) is 20.7 Å². The number of hydrogen-bond donors (Lipinski definition) is 2. The highest BCUT2D eigenvalue weighted by Crippen LogP contribution is 2.28. The van der Waals surface area contributed by atoms with E-state index in [-0.39, 0.29) is 22.2 Å². The molecule has 22 heavy (non-hydrogen) atoms. The van der Waals surface area contributed by atoms with Gasteiger partial charge in [0.2, 0.25) is 5.91 Å². The van der Waals surface area contributed by atoms with Crippen molar-refractivity contribution in [3.8, 4) is 0 Å². The van der Waals surface area contributed by atoms with E-state index in [1.54, 1.807) is 6.92 Å². The summed E-state index contributed by atoms with van der Waals surface area (Å²) in [5, 5.41) is 2.51. The maximum atomic E-state index is 13.9. The SMILES string of the molecule is CC1[C@@H](NC(=O)CS)OC(=O)N1c1ccc([S+](C)[O-])c(F)c1. The lowest BCUT2D eigenvalue weighted by atomic mass is 10.2. The zero-order valence-corrected chi connectivity index (χ0v) is 13.6. The molecule has 120 valence electrons. The van der Waals surface area contributed by atoms with Crippen molar-refractivity contribution in [2.75, 3.05) is 16.9 Å². The number of thiol groups is 1. The van der Waals surface area contributed by atoms with Crippen molar-refractivity contribution in [1.29, 1.82) is 0 Å². The van der Waals surface area contributed by atoms with Crippen LogP contribution in [-0.4, -0.2) is 40.8 Å². The quantitative estimate of drug-likeness (QED) is 0.636. The second-order valence-corrected chi connectivity index (χ2v) is 6.37. The minimum atomic E-state index is -1.46. The van der Waals surface area contributed by atoms with Crippen molar-refractivity contribution in [3.63, 3.8) is 0 Å². The number of carbonyl (C=O) groups is 2. The molecule has 1 heterocycles. The number of ether oxygens (including phenoxy) is 1. The van der Waals surface area contributed by atoms with Crippen LogP contribution in [0.25, 0.3) is 0 Å². The number of anilines is 1. The third-order valence-electron chi connectivity index (χ3n) is 3.22. The van der Waals surface area contributed by atoms with Gasteiger partial charge in [-0.15, -0.1) is 0 Å². The number of halogens is 1. The van der Waals surface area contributed by atoms with E-state index in [9.17, 15) is 18.5 Å². The highest BCUT2D eigenvalue weighted by atomic mass is 32.2. The van der Waals surface area contributed by atoms with Gasteiger partial charge >= 0.3 is 6.09 Å². The van der Waals surface area contributed by atoms with Gasteiger partial charge < -0.3 is 14.6 Å². The maximum absolute atomic E-state index is 13.9. The van der Waals surface area contributed by atoms with E-state index < -0.39 is 35.4 Å². The predicted octanol–water partition coefficient (Wildman–Crippen LogP) is 1.28. The number of nitrogens with one attached hydrogen (secondary N) is 1. The summed E-state index contributed by atoms with van der Waals surface area (Å²) in [5.41, 5.74) is 0.270. The topological polar surface area (TPSA) is 81.7 Å². The number of amides is 2. The third-order valence-corrected chi connectivity index (χ3v) is 4.46. The number of carbonyl (C=O) groups excluding carboxylic acids is 2. The molecule has 2 rings (SSSR count). The van der Waals surface area contributed by atoms with Gasteiger partial charge in [0.1, 0.15) is 6.26 Å². The van der Waals surface area contributed by atoms with Crippen LogP contribution in [0.5, 0.6) is 0 Å². The molecule has 0 bridgehead atoms. The van der Waals surface area contributed by atoms with Gasteiger partial charge in [-0.05, 0) is 30.2 Å². The number of cyclic esters (lactones) is 1. The summed E-state index contributed by atoms with van der Waals surface area (Å²) in [4.78, 5) is 24.6. The lowest BCUT2D eigenvalue weighted by Gasteiger charge is -2.21. The number of rotatable bonds is 4. The zero-order chi connectivity index (χ0) is 16.4. The molecule has 0 saturated carbocycles. The van der Waals surface area contributed by atoms with Gasteiger partial charge in [-0.25, -0.2) is 9.18 Å². The Labute approximate surface area is 135 Å². The smallest absolute Gasteiger partial charge is 0.416 e. The van der Waals surface area contributed by atoms with Crippen LogP contribution in [0.3, 0.4) is 0 Å². The lowest BCUT2D eigenvalue weighted by molar-refractivity contribution is -0.121. The van der Waals surface area contributed by atoms with Crippen molar-refractivity contribution in [3.05, 3.63) is 24.0 Å². The molecule has 0 aliphatic carbocycles. The summed E-state index contributed by atoms with van der Waals surface area (Å²) in [6.07, 6.45) is -0.162. The molecule has 2 unspecified atom stereocenters. The van der Waals surface area contributed by atoms with Crippen LogP contribution in [0.4, 0.5) is 14.9 Å². The second kappa shape index (κ2) is 6.76. The molecule has 1 fully saturated rings. The van der Waals surface area contributed by atoms with Crippen molar-refractivity contribution < 1.29 is 23.3 Å². The molecular formula is C13H15FN2O4S2. The van der Waals surface area contributed by atoms with Crippen LogP contribution in [0.15, 0.2) is 23.1 Å². The molecular weight excluding hydrogens is 331 g/mol. The van der Waals surface area contributed by atoms with Gasteiger partial charge in [-0.1, -0.05) is 0 Å². The summed E-state index contributed by atoms with van der Waals surface area (Å²) >= 11 is 2.37. The summed E-state index contributed by atoms with van der Waals surface area (Å²) in [5.74, 6) is -1.08. The minimum absolute atomic E-state index is 0.0353. The largest absolute Gasteiger partial charge is 0.612 e. The van der Waals surface area contributed by atoms with Crippen LogP contribution in [0.2, 0.25) is 0 Å². The molecule has 2 amide bonds. The fraction of sp³-hybridized carbons (Fsp3) is 0.385. The van der Waals surface area contributed by atoms with E-state index in [1.807, 2.05) is 0 Å². The Morgan fingerprint density at radius 1 is 1.59 bits per heavy atom. The highest BCUT2D eigenvalue weighted by molar-refractivity contribution is 7.90. The molecule has 1 aromatic rings. The van der Waals surface area contributed by atoms with Gasteiger partial charge in [0.15, 0.2) is 16.9 Å². The van der Waals surface area contributed by atoms with E-state index >= 15 is 0 Å². The molecule has 1 saturated heterocycles. The molecule has 1 aromatic carbocycles. The van der Waals surface area contributed by atoms with Crippen molar-refractivity contribution in [1.82, 2.24) is 5.32 Å². The Bertz CT molecular complexity index is 599. The molecule has 0 spiro atoms. The average molecular weight is 346 g/mol. The standard InChI is InChI=1S/C13H15FN2O4S2/c1-7-12(15-11(17)6-21)20-13(18)16(7)8-3-4-10(22(2)19)9(14)5-8/h3-5,7,12,21H,6H2,1-2H3,(H,15,17)/t7?,12-,22?/m0/s1. The first-order valence-electron chi connectivity index (χ1n) is 6.38. The van der Waals surface area contributed by atoms with Gasteiger partial charge in [-0.3, -0.25) is 9.69 Å². The maximum Gasteiger partial charge on any atom is 0.416 e. The zero-order valence-electron chi connectivity index (χ0n) is 11.9. The fourth-order valence-electron chi connectivity index (χ4n) is 2.13. The molecule has 1 aliphatic rings. The highest BCUT2D eigenvalue weighted by Gasteiger charge is 2.40. The van der Waals surface area contributed by atoms with Crippen molar-refractivity contribution in [2.24, 2.45) is 0 Å². The third kappa shape index (κ3) is 3.31. The Balaban J connectivity index is 2.23. The normalized spacial score (nSPS) is 22.4. The van der Waals surface area contributed by atoms with Gasteiger partial charge in [0.05, 0.1) is 17.5 Å². The van der Waals surface area contributed by atoms with Crippen LogP contribution >= 0.6 is 12.6 Å². The Morgan fingerprint density at radius 3 is 2.82 bits per heavy atom. The van der Waals surface area contributed by atoms with E-state index in [2.05, 4.69) is 17.9 Å². The van der Waals surface area contributed by atoms with Crippen molar-refractivity contribution >= 4 is 41.5 Å². The average Bonchev–Trinajstić information content (AvgIpc) is 2.72. The van der Waals surface area contributed by atoms with Crippen LogP contribution in [0.1, 0.15) is 6.92 Å². The lowest BCUT2D eigenvalue weighted by Crippen LogP contribution is -2.44. The molecule has 6 nitrogen and oxygen atoms in total. The van der Waals surface area contributed by atoms with E-state index in [1.165, 1.54) is 23.3 Å². The Hall–Kier alpha value is -1.45. The van der Waals surface area contributed by atoms with Crippen LogP contribution in [0, 0.1) is 5.82 Å². The Morgan fingerprint density at radius 2 is 2.27 bits per heavy atom. The van der Waals surface area contributed by atoms with Gasteiger partial charge in [-0.2, -0.15) is 12.6 Å². The molecule has 0 aromatic heterocycles. The van der Waals surface area contributed by atoms with E-state index in [0.29, 0.717) is 0 Å². The molecule has 1 N–H and O–H groups in total. The van der Waals surface area contributed by atoms with Gasteiger partial charge in [0.25, 0.3) is 0 Å². The summed E-state index contributed by atoms with van der Waals surface area (Å²) in [6.45, 7) is 1.66. The van der Waals surface area contributed by atoms with Crippen molar-refractivity contribution in [2.45, 2.75) is 24.1 Å². The van der Waals surface area contributed by atoms with Gasteiger partial charge in [0, 0.05) is 6.07 Å². The first kappa shape index (κ1) is 16.9. The summed E-state index contributed by atoms with van der Waals surface area (Å²) < 4.78 is 30.3. The molecule has 3 atom stereocenters. The molecule has 0 radical (unpaired) electrons. The van der Waals surface area contributed by atoms with E-state index in [0.717, 1.165) is 6.07 Å². The predicted molar refractivity (Wildman–Crippen MR) is 82.9 cm³/mol.